The highest BCUT2D eigenvalue weighted by Crippen LogP contribution is 2.38. The van der Waals surface area contributed by atoms with E-state index in [1.165, 1.54) is 30.3 Å². The molecule has 152 valence electrons. The van der Waals surface area contributed by atoms with Gasteiger partial charge in [-0.2, -0.15) is 13.2 Å². The van der Waals surface area contributed by atoms with Crippen LogP contribution >= 0.6 is 11.6 Å². The molecule has 0 aliphatic carbocycles. The van der Waals surface area contributed by atoms with E-state index in [1.54, 1.807) is 0 Å². The maximum absolute atomic E-state index is 14.1. The Balaban J connectivity index is 1.97. The maximum atomic E-state index is 14.1. The molecule has 0 N–H and O–H groups in total. The van der Waals surface area contributed by atoms with Crippen molar-refractivity contribution in [2.24, 2.45) is 0 Å². The molecular formula is C20H9ClF5N3O. The van der Waals surface area contributed by atoms with Crippen molar-refractivity contribution in [3.05, 3.63) is 77.2 Å². The van der Waals surface area contributed by atoms with Gasteiger partial charge in [0.2, 0.25) is 5.82 Å². The molecule has 2 aromatic heterocycles. The summed E-state index contributed by atoms with van der Waals surface area (Å²) in [4.78, 5) is 11.0. The van der Waals surface area contributed by atoms with Crippen LogP contribution in [0.1, 0.15) is 5.82 Å². The number of hydrogen-bond donors (Lipinski definition) is 0. The smallest absolute Gasteiger partial charge is 0.436 e. The molecule has 0 bridgehead atoms. The molecule has 0 atom stereocenters. The highest BCUT2D eigenvalue weighted by molar-refractivity contribution is 6.30. The van der Waals surface area contributed by atoms with Crippen molar-refractivity contribution in [3.63, 3.8) is 0 Å². The fraction of sp³-hybridized carbons (Fsp3) is 0.0500. The van der Waals surface area contributed by atoms with Gasteiger partial charge in [0.1, 0.15) is 11.6 Å². The molecule has 0 unspecified atom stereocenters. The number of aromatic nitrogens is 3. The van der Waals surface area contributed by atoms with E-state index in [1.807, 2.05) is 0 Å². The van der Waals surface area contributed by atoms with E-state index < -0.39 is 29.5 Å². The summed E-state index contributed by atoms with van der Waals surface area (Å²) in [5.41, 5.74) is -0.0595. The minimum atomic E-state index is -4.82. The van der Waals surface area contributed by atoms with Crippen LogP contribution in [0.5, 0.6) is 11.6 Å². The number of nitrogens with zero attached hydrogens (tertiary/aromatic N) is 3. The van der Waals surface area contributed by atoms with Crippen LogP contribution in [0, 0.1) is 11.6 Å². The predicted molar refractivity (Wildman–Crippen MR) is 99.2 cm³/mol. The lowest BCUT2D eigenvalue weighted by Gasteiger charge is -2.14. The van der Waals surface area contributed by atoms with E-state index >= 15 is 0 Å². The Bertz CT molecular complexity index is 1250. The number of ether oxygens (including phenoxy) is 1. The molecule has 0 aliphatic rings. The molecule has 10 heteroatoms. The summed E-state index contributed by atoms with van der Waals surface area (Å²) in [6.07, 6.45) is -3.66. The molecule has 0 fully saturated rings. The summed E-state index contributed by atoms with van der Waals surface area (Å²) in [6, 6.07) is 9.83. The van der Waals surface area contributed by atoms with Crippen LogP contribution in [0.2, 0.25) is 5.02 Å². The van der Waals surface area contributed by atoms with E-state index in [-0.39, 0.29) is 32.9 Å². The average Bonchev–Trinajstić information content (AvgIpc) is 2.69. The van der Waals surface area contributed by atoms with Gasteiger partial charge in [0.25, 0.3) is 5.88 Å². The molecule has 4 rings (SSSR count). The summed E-state index contributed by atoms with van der Waals surface area (Å²) in [6.45, 7) is 0. The van der Waals surface area contributed by atoms with Gasteiger partial charge in [-0.05, 0) is 42.5 Å². The molecule has 2 aromatic carbocycles. The maximum Gasteiger partial charge on any atom is 0.451 e. The van der Waals surface area contributed by atoms with Crippen molar-refractivity contribution in [1.29, 1.82) is 0 Å². The minimum Gasteiger partial charge on any atom is -0.436 e. The van der Waals surface area contributed by atoms with Gasteiger partial charge in [-0.25, -0.2) is 23.7 Å². The van der Waals surface area contributed by atoms with E-state index in [4.69, 9.17) is 16.3 Å². The molecule has 4 aromatic rings. The normalized spacial score (nSPS) is 11.7. The van der Waals surface area contributed by atoms with Gasteiger partial charge < -0.3 is 4.74 Å². The Morgan fingerprint density at radius 1 is 0.933 bits per heavy atom. The molecule has 30 heavy (non-hydrogen) atoms. The number of alkyl halides is 3. The summed E-state index contributed by atoms with van der Waals surface area (Å²) in [5, 5.41) is 0.121. The van der Waals surface area contributed by atoms with E-state index in [9.17, 15) is 22.0 Å². The Hall–Kier alpha value is -3.33. The number of hydrogen-bond acceptors (Lipinski definition) is 4. The van der Waals surface area contributed by atoms with Crippen LogP contribution in [0.3, 0.4) is 0 Å². The third kappa shape index (κ3) is 3.88. The highest BCUT2D eigenvalue weighted by atomic mass is 35.5. The number of halogens is 6. The first-order chi connectivity index (χ1) is 14.2. The van der Waals surface area contributed by atoms with Crippen molar-refractivity contribution < 1.29 is 26.7 Å². The van der Waals surface area contributed by atoms with E-state index in [0.717, 1.165) is 24.4 Å². The van der Waals surface area contributed by atoms with E-state index in [2.05, 4.69) is 15.0 Å². The largest absolute Gasteiger partial charge is 0.451 e. The molecule has 0 radical (unpaired) electrons. The van der Waals surface area contributed by atoms with Crippen LogP contribution in [0.4, 0.5) is 22.0 Å². The molecular weight excluding hydrogens is 429 g/mol. The van der Waals surface area contributed by atoms with Crippen LogP contribution in [0.15, 0.2) is 54.7 Å². The van der Waals surface area contributed by atoms with Gasteiger partial charge in [0, 0.05) is 11.8 Å². The minimum absolute atomic E-state index is 0.0331. The lowest BCUT2D eigenvalue weighted by atomic mass is 10.1. The lowest BCUT2D eigenvalue weighted by Crippen LogP contribution is -2.12. The third-order valence-electron chi connectivity index (χ3n) is 4.04. The molecule has 0 amide bonds. The van der Waals surface area contributed by atoms with Crippen LogP contribution < -0.4 is 4.74 Å². The second kappa shape index (κ2) is 7.49. The SMILES string of the molecule is Fc1ccc(-c2nc(C(F)(F)F)nc3cccc(Oc4ncc(Cl)cc4F)c23)cc1. The Kier molecular flexibility index (Phi) is 4.98. The molecule has 4 nitrogen and oxygen atoms in total. The van der Waals surface area contributed by atoms with Crippen molar-refractivity contribution in [3.8, 4) is 22.9 Å². The number of benzene rings is 2. The number of rotatable bonds is 3. The topological polar surface area (TPSA) is 47.9 Å². The van der Waals surface area contributed by atoms with Crippen LogP contribution in [-0.4, -0.2) is 15.0 Å². The number of fused-ring (bicyclic) bond motifs is 1. The summed E-state index contributed by atoms with van der Waals surface area (Å²) in [7, 11) is 0. The first kappa shape index (κ1) is 20.0. The Labute approximate surface area is 170 Å². The van der Waals surface area contributed by atoms with Crippen molar-refractivity contribution in [1.82, 2.24) is 15.0 Å². The quantitative estimate of drug-likeness (QED) is 0.346. The van der Waals surface area contributed by atoms with Crippen molar-refractivity contribution >= 4 is 22.5 Å². The molecule has 0 saturated carbocycles. The van der Waals surface area contributed by atoms with E-state index in [0.29, 0.717) is 0 Å². The second-order valence-electron chi connectivity index (χ2n) is 6.09. The van der Waals surface area contributed by atoms with Crippen LogP contribution in [0.25, 0.3) is 22.2 Å². The van der Waals surface area contributed by atoms with Gasteiger partial charge in [-0.3, -0.25) is 0 Å². The Morgan fingerprint density at radius 3 is 2.33 bits per heavy atom. The molecule has 0 spiro atoms. The zero-order valence-corrected chi connectivity index (χ0v) is 15.5. The van der Waals surface area contributed by atoms with Gasteiger partial charge in [0.05, 0.1) is 21.6 Å². The van der Waals surface area contributed by atoms with Gasteiger partial charge in [-0.15, -0.1) is 0 Å². The second-order valence-corrected chi connectivity index (χ2v) is 6.53. The highest BCUT2D eigenvalue weighted by Gasteiger charge is 2.36. The first-order valence-corrected chi connectivity index (χ1v) is 8.73. The first-order valence-electron chi connectivity index (χ1n) is 8.35. The van der Waals surface area contributed by atoms with Gasteiger partial charge in [-0.1, -0.05) is 17.7 Å². The Morgan fingerprint density at radius 2 is 1.67 bits per heavy atom. The molecule has 0 aliphatic heterocycles. The summed E-state index contributed by atoms with van der Waals surface area (Å²) in [5.74, 6) is -3.28. The summed E-state index contributed by atoms with van der Waals surface area (Å²) >= 11 is 5.68. The van der Waals surface area contributed by atoms with Gasteiger partial charge >= 0.3 is 6.18 Å². The monoisotopic (exact) mass is 437 g/mol. The average molecular weight is 438 g/mol. The lowest BCUT2D eigenvalue weighted by molar-refractivity contribution is -0.144. The standard InChI is InChI=1S/C20H9ClF5N3O/c21-11-8-13(23)18(27-9-11)30-15-3-1-2-14-16(15)17(10-4-6-12(22)7-5-10)29-19(28-14)20(24,25)26/h1-9H. The summed E-state index contributed by atoms with van der Waals surface area (Å²) < 4.78 is 72.9. The number of pyridine rings is 1. The molecule has 0 saturated heterocycles. The predicted octanol–water partition coefficient (Wildman–Crippen LogP) is 6.43. The zero-order valence-electron chi connectivity index (χ0n) is 14.7. The van der Waals surface area contributed by atoms with Crippen LogP contribution in [-0.2, 0) is 6.18 Å². The van der Waals surface area contributed by atoms with Crippen molar-refractivity contribution in [2.45, 2.75) is 6.18 Å². The van der Waals surface area contributed by atoms with Gasteiger partial charge in [0.15, 0.2) is 5.82 Å². The zero-order chi connectivity index (χ0) is 21.5. The third-order valence-corrected chi connectivity index (χ3v) is 4.24. The fourth-order valence-corrected chi connectivity index (χ4v) is 2.91. The fourth-order valence-electron chi connectivity index (χ4n) is 2.76. The van der Waals surface area contributed by atoms with Crippen molar-refractivity contribution in [2.75, 3.05) is 0 Å². The molecule has 2 heterocycles.